The summed E-state index contributed by atoms with van der Waals surface area (Å²) in [6.07, 6.45) is 0.462. The topological polar surface area (TPSA) is 41.6 Å². The Bertz CT molecular complexity index is 403. The molecular formula is C14H20N2O2. The van der Waals surface area contributed by atoms with Gasteiger partial charge in [0.05, 0.1) is 0 Å². The number of amides is 1. The van der Waals surface area contributed by atoms with Crippen molar-refractivity contribution in [2.24, 2.45) is 0 Å². The number of nitrogens with zero attached hydrogens (tertiary/aromatic N) is 1. The second kappa shape index (κ2) is 5.87. The van der Waals surface area contributed by atoms with Gasteiger partial charge >= 0.3 is 0 Å². The summed E-state index contributed by atoms with van der Waals surface area (Å²) in [7, 11) is 1.81. The molecule has 1 unspecified atom stereocenters. The molecule has 1 saturated heterocycles. The second-order valence-corrected chi connectivity index (χ2v) is 4.58. The molecule has 0 radical (unpaired) electrons. The van der Waals surface area contributed by atoms with Gasteiger partial charge in [0, 0.05) is 26.6 Å². The SMILES string of the molecule is CCNCc1ccc(OC2CCN(C)C2=O)cc1. The van der Waals surface area contributed by atoms with Gasteiger partial charge in [-0.2, -0.15) is 0 Å². The number of hydrogen-bond donors (Lipinski definition) is 1. The summed E-state index contributed by atoms with van der Waals surface area (Å²) in [5, 5.41) is 3.27. The molecular weight excluding hydrogens is 228 g/mol. The Kier molecular flexibility index (Phi) is 4.20. The summed E-state index contributed by atoms with van der Waals surface area (Å²) in [6, 6.07) is 7.92. The normalized spacial score (nSPS) is 19.3. The number of rotatable bonds is 5. The maximum absolute atomic E-state index is 11.7. The molecule has 1 heterocycles. The number of carbonyl (C=O) groups excluding carboxylic acids is 1. The molecule has 4 heteroatoms. The lowest BCUT2D eigenvalue weighted by Crippen LogP contribution is -2.29. The van der Waals surface area contributed by atoms with Crippen LogP contribution >= 0.6 is 0 Å². The largest absolute Gasteiger partial charge is 0.481 e. The lowest BCUT2D eigenvalue weighted by molar-refractivity contribution is -0.132. The number of likely N-dealkylation sites (tertiary alicyclic amines) is 1. The van der Waals surface area contributed by atoms with Crippen LogP contribution in [0.2, 0.25) is 0 Å². The number of benzene rings is 1. The first-order chi connectivity index (χ1) is 8.70. The van der Waals surface area contributed by atoms with E-state index < -0.39 is 0 Å². The van der Waals surface area contributed by atoms with Crippen molar-refractivity contribution in [1.29, 1.82) is 0 Å². The first-order valence-corrected chi connectivity index (χ1v) is 6.42. The van der Waals surface area contributed by atoms with Gasteiger partial charge in [-0.3, -0.25) is 4.79 Å². The van der Waals surface area contributed by atoms with E-state index in [1.54, 1.807) is 4.90 Å². The molecule has 1 fully saturated rings. The molecule has 2 rings (SSSR count). The molecule has 4 nitrogen and oxygen atoms in total. The molecule has 1 aromatic carbocycles. The summed E-state index contributed by atoms with van der Waals surface area (Å²) in [6.45, 7) is 4.69. The number of likely N-dealkylation sites (N-methyl/N-ethyl adjacent to an activating group) is 1. The minimum atomic E-state index is -0.311. The molecule has 1 amide bonds. The van der Waals surface area contributed by atoms with E-state index in [-0.39, 0.29) is 12.0 Å². The van der Waals surface area contributed by atoms with Crippen LogP contribution in [0.25, 0.3) is 0 Å². The first-order valence-electron chi connectivity index (χ1n) is 6.42. The van der Waals surface area contributed by atoms with E-state index in [4.69, 9.17) is 4.74 Å². The highest BCUT2D eigenvalue weighted by Crippen LogP contribution is 2.19. The van der Waals surface area contributed by atoms with E-state index in [1.165, 1.54) is 5.56 Å². The van der Waals surface area contributed by atoms with Gasteiger partial charge in [-0.15, -0.1) is 0 Å². The molecule has 0 aromatic heterocycles. The van der Waals surface area contributed by atoms with Crippen LogP contribution in [0.3, 0.4) is 0 Å². The summed E-state index contributed by atoms with van der Waals surface area (Å²) in [4.78, 5) is 13.4. The van der Waals surface area contributed by atoms with Gasteiger partial charge in [0.2, 0.25) is 0 Å². The Labute approximate surface area is 108 Å². The highest BCUT2D eigenvalue weighted by atomic mass is 16.5. The molecule has 0 spiro atoms. The molecule has 0 saturated carbocycles. The van der Waals surface area contributed by atoms with Crippen LogP contribution in [0.5, 0.6) is 5.75 Å². The summed E-state index contributed by atoms with van der Waals surface area (Å²) >= 11 is 0. The van der Waals surface area contributed by atoms with Crippen LogP contribution in [0.15, 0.2) is 24.3 Å². The van der Waals surface area contributed by atoms with Gasteiger partial charge in [-0.1, -0.05) is 19.1 Å². The lowest BCUT2D eigenvalue weighted by Gasteiger charge is -2.13. The van der Waals surface area contributed by atoms with Gasteiger partial charge in [-0.05, 0) is 24.2 Å². The van der Waals surface area contributed by atoms with E-state index in [1.807, 2.05) is 31.3 Å². The van der Waals surface area contributed by atoms with Crippen LogP contribution in [-0.4, -0.2) is 37.0 Å². The quantitative estimate of drug-likeness (QED) is 0.856. The fraction of sp³-hybridized carbons (Fsp3) is 0.500. The molecule has 18 heavy (non-hydrogen) atoms. The highest BCUT2D eigenvalue weighted by molar-refractivity contribution is 5.83. The second-order valence-electron chi connectivity index (χ2n) is 4.58. The summed E-state index contributed by atoms with van der Waals surface area (Å²) in [5.74, 6) is 0.843. The molecule has 1 atom stereocenters. The summed E-state index contributed by atoms with van der Waals surface area (Å²) in [5.41, 5.74) is 1.22. The maximum atomic E-state index is 11.7. The van der Waals surface area contributed by atoms with Crippen molar-refractivity contribution in [3.8, 4) is 5.75 Å². The molecule has 0 bridgehead atoms. The van der Waals surface area contributed by atoms with Crippen LogP contribution in [0, 0.1) is 0 Å². The average molecular weight is 248 g/mol. The smallest absolute Gasteiger partial charge is 0.263 e. The highest BCUT2D eigenvalue weighted by Gasteiger charge is 2.30. The minimum Gasteiger partial charge on any atom is -0.481 e. The van der Waals surface area contributed by atoms with Crippen LogP contribution in [0.1, 0.15) is 18.9 Å². The Hall–Kier alpha value is -1.55. The molecule has 1 aliphatic heterocycles. The third kappa shape index (κ3) is 3.01. The predicted octanol–water partition coefficient (Wildman–Crippen LogP) is 1.41. The Morgan fingerprint density at radius 3 is 2.67 bits per heavy atom. The van der Waals surface area contributed by atoms with Crippen LogP contribution < -0.4 is 10.1 Å². The van der Waals surface area contributed by atoms with Crippen molar-refractivity contribution in [1.82, 2.24) is 10.2 Å². The maximum Gasteiger partial charge on any atom is 0.263 e. The van der Waals surface area contributed by atoms with E-state index in [2.05, 4.69) is 12.2 Å². The van der Waals surface area contributed by atoms with E-state index in [0.29, 0.717) is 0 Å². The Morgan fingerprint density at radius 2 is 2.11 bits per heavy atom. The zero-order valence-electron chi connectivity index (χ0n) is 11.0. The van der Waals surface area contributed by atoms with Crippen LogP contribution in [0.4, 0.5) is 0 Å². The lowest BCUT2D eigenvalue weighted by atomic mass is 10.2. The van der Waals surface area contributed by atoms with Crippen molar-refractivity contribution in [2.45, 2.75) is 26.0 Å². The van der Waals surface area contributed by atoms with Crippen LogP contribution in [-0.2, 0) is 11.3 Å². The Morgan fingerprint density at radius 1 is 1.39 bits per heavy atom. The molecule has 1 N–H and O–H groups in total. The van der Waals surface area contributed by atoms with Crippen molar-refractivity contribution in [3.63, 3.8) is 0 Å². The Balaban J connectivity index is 1.92. The van der Waals surface area contributed by atoms with E-state index >= 15 is 0 Å². The molecule has 0 aliphatic carbocycles. The standard InChI is InChI=1S/C14H20N2O2/c1-3-15-10-11-4-6-12(7-5-11)18-13-8-9-16(2)14(13)17/h4-7,13,15H,3,8-10H2,1-2H3. The van der Waals surface area contributed by atoms with Gasteiger partial charge < -0.3 is 15.0 Å². The van der Waals surface area contributed by atoms with Crippen molar-refractivity contribution in [2.75, 3.05) is 20.1 Å². The van der Waals surface area contributed by atoms with E-state index in [9.17, 15) is 4.79 Å². The third-order valence-electron chi connectivity index (χ3n) is 3.16. The third-order valence-corrected chi connectivity index (χ3v) is 3.16. The first kappa shape index (κ1) is 12.9. The zero-order chi connectivity index (χ0) is 13.0. The van der Waals surface area contributed by atoms with Gasteiger partial charge in [0.1, 0.15) is 5.75 Å². The minimum absolute atomic E-state index is 0.0757. The number of carbonyl (C=O) groups is 1. The average Bonchev–Trinajstić information content (AvgIpc) is 2.70. The zero-order valence-corrected chi connectivity index (χ0v) is 11.0. The van der Waals surface area contributed by atoms with E-state index in [0.717, 1.165) is 31.8 Å². The molecule has 1 aromatic rings. The number of nitrogens with one attached hydrogen (secondary N) is 1. The number of ether oxygens (including phenoxy) is 1. The van der Waals surface area contributed by atoms with Crippen molar-refractivity contribution < 1.29 is 9.53 Å². The van der Waals surface area contributed by atoms with Crippen molar-refractivity contribution >= 4 is 5.91 Å². The predicted molar refractivity (Wildman–Crippen MR) is 70.5 cm³/mol. The fourth-order valence-corrected chi connectivity index (χ4v) is 2.02. The molecule has 1 aliphatic rings. The monoisotopic (exact) mass is 248 g/mol. The molecule has 98 valence electrons. The van der Waals surface area contributed by atoms with Gasteiger partial charge in [-0.25, -0.2) is 0 Å². The van der Waals surface area contributed by atoms with Crippen molar-refractivity contribution in [3.05, 3.63) is 29.8 Å². The summed E-state index contributed by atoms with van der Waals surface area (Å²) < 4.78 is 5.71. The van der Waals surface area contributed by atoms with Gasteiger partial charge in [0.15, 0.2) is 6.10 Å². The fourth-order valence-electron chi connectivity index (χ4n) is 2.02. The van der Waals surface area contributed by atoms with Gasteiger partial charge in [0.25, 0.3) is 5.91 Å². The number of hydrogen-bond acceptors (Lipinski definition) is 3.